The molecule has 0 aromatic carbocycles. The van der Waals surface area contributed by atoms with Gasteiger partial charge in [0, 0.05) is 6.54 Å². The highest BCUT2D eigenvalue weighted by Crippen LogP contribution is 2.41. The van der Waals surface area contributed by atoms with Crippen LogP contribution in [-0.2, 0) is 0 Å². The molecular weight excluding hydrogens is 150 g/mol. The van der Waals surface area contributed by atoms with E-state index in [4.69, 9.17) is 4.42 Å². The minimum Gasteiger partial charge on any atom is -0.467 e. The second-order valence-corrected chi connectivity index (χ2v) is 4.27. The van der Waals surface area contributed by atoms with E-state index in [0.29, 0.717) is 11.5 Å². The Kier molecular flexibility index (Phi) is 1.55. The summed E-state index contributed by atoms with van der Waals surface area (Å²) in [6, 6.07) is 2.43. The summed E-state index contributed by atoms with van der Waals surface area (Å²) in [6.07, 6.45) is 1.76. The van der Waals surface area contributed by atoms with Gasteiger partial charge in [-0.1, -0.05) is 13.8 Å². The van der Waals surface area contributed by atoms with E-state index in [2.05, 4.69) is 26.1 Å². The predicted octanol–water partition coefficient (Wildman–Crippen LogP) is 2.26. The normalized spacial score (nSPS) is 26.8. The highest BCUT2D eigenvalue weighted by atomic mass is 16.3. The van der Waals surface area contributed by atoms with Crippen molar-refractivity contribution in [1.29, 1.82) is 0 Å². The van der Waals surface area contributed by atoms with Crippen LogP contribution in [0.1, 0.15) is 31.2 Å². The maximum absolute atomic E-state index is 5.44. The Balaban J connectivity index is 2.27. The Morgan fingerprint density at radius 1 is 1.58 bits per heavy atom. The largest absolute Gasteiger partial charge is 0.467 e. The van der Waals surface area contributed by atoms with Gasteiger partial charge in [-0.15, -0.1) is 0 Å². The van der Waals surface area contributed by atoms with Crippen LogP contribution in [0.15, 0.2) is 16.7 Å². The summed E-state index contributed by atoms with van der Waals surface area (Å²) in [7, 11) is 0. The van der Waals surface area contributed by atoms with Crippen molar-refractivity contribution in [2.45, 2.75) is 26.8 Å². The topological polar surface area (TPSA) is 25.2 Å². The molecule has 0 aliphatic carbocycles. The Morgan fingerprint density at radius 2 is 2.33 bits per heavy atom. The third-order valence-corrected chi connectivity index (χ3v) is 2.71. The molecule has 1 aliphatic heterocycles. The molecule has 1 aromatic rings. The summed E-state index contributed by atoms with van der Waals surface area (Å²) >= 11 is 0. The maximum atomic E-state index is 5.44. The molecule has 1 N–H and O–H groups in total. The molecule has 1 atom stereocenters. The van der Waals surface area contributed by atoms with E-state index in [0.717, 1.165) is 12.3 Å². The maximum Gasteiger partial charge on any atom is 0.124 e. The van der Waals surface area contributed by atoms with Crippen LogP contribution >= 0.6 is 0 Å². The summed E-state index contributed by atoms with van der Waals surface area (Å²) in [4.78, 5) is 0. The Hall–Kier alpha value is -0.760. The van der Waals surface area contributed by atoms with Crippen LogP contribution in [0.4, 0.5) is 0 Å². The molecular formula is C10H15NO. The van der Waals surface area contributed by atoms with Gasteiger partial charge in [-0.25, -0.2) is 0 Å². The van der Waals surface area contributed by atoms with Gasteiger partial charge in [0.05, 0.1) is 12.3 Å². The molecule has 0 spiro atoms. The third-order valence-electron chi connectivity index (χ3n) is 2.71. The molecule has 2 heterocycles. The first-order valence-corrected chi connectivity index (χ1v) is 4.38. The van der Waals surface area contributed by atoms with Crippen LogP contribution in [0.3, 0.4) is 0 Å². The standard InChI is InChI=1S/C10H15NO/c1-7-4-5-12-8(7)9-10(2,3)6-11-9/h4-5,9,11H,6H2,1-3H3. The van der Waals surface area contributed by atoms with Crippen molar-refractivity contribution in [3.63, 3.8) is 0 Å². The van der Waals surface area contributed by atoms with Gasteiger partial charge >= 0.3 is 0 Å². The summed E-state index contributed by atoms with van der Waals surface area (Å²) in [6.45, 7) is 7.69. The van der Waals surface area contributed by atoms with E-state index in [9.17, 15) is 0 Å². The molecule has 0 bridgehead atoms. The van der Waals surface area contributed by atoms with Crippen molar-refractivity contribution >= 4 is 0 Å². The van der Waals surface area contributed by atoms with Crippen molar-refractivity contribution in [2.75, 3.05) is 6.54 Å². The van der Waals surface area contributed by atoms with Crippen molar-refractivity contribution in [2.24, 2.45) is 5.41 Å². The quantitative estimate of drug-likeness (QED) is 0.690. The number of hydrogen-bond donors (Lipinski definition) is 1. The molecule has 0 amide bonds. The first kappa shape index (κ1) is 7.87. The lowest BCUT2D eigenvalue weighted by Gasteiger charge is -2.44. The number of rotatable bonds is 1. The monoisotopic (exact) mass is 165 g/mol. The fraction of sp³-hybridized carbons (Fsp3) is 0.600. The molecule has 2 heteroatoms. The molecule has 0 radical (unpaired) electrons. The highest BCUT2D eigenvalue weighted by molar-refractivity contribution is 5.22. The lowest BCUT2D eigenvalue weighted by molar-refractivity contribution is 0.107. The number of nitrogens with one attached hydrogen (secondary N) is 1. The van der Waals surface area contributed by atoms with Gasteiger partial charge < -0.3 is 9.73 Å². The molecule has 0 saturated carbocycles. The lowest BCUT2D eigenvalue weighted by Crippen LogP contribution is -2.52. The fourth-order valence-corrected chi connectivity index (χ4v) is 1.74. The van der Waals surface area contributed by atoms with Crippen molar-refractivity contribution in [1.82, 2.24) is 5.32 Å². The van der Waals surface area contributed by atoms with Crippen LogP contribution in [0.5, 0.6) is 0 Å². The summed E-state index contributed by atoms with van der Waals surface area (Å²) in [5.74, 6) is 1.10. The van der Waals surface area contributed by atoms with Crippen LogP contribution in [0.25, 0.3) is 0 Å². The van der Waals surface area contributed by atoms with Crippen LogP contribution in [0.2, 0.25) is 0 Å². The fourth-order valence-electron chi connectivity index (χ4n) is 1.74. The first-order chi connectivity index (χ1) is 5.61. The van der Waals surface area contributed by atoms with Crippen molar-refractivity contribution < 1.29 is 4.42 Å². The summed E-state index contributed by atoms with van der Waals surface area (Å²) in [5.41, 5.74) is 1.60. The average Bonchev–Trinajstić information content (AvgIpc) is 2.35. The van der Waals surface area contributed by atoms with E-state index < -0.39 is 0 Å². The van der Waals surface area contributed by atoms with E-state index in [1.807, 2.05) is 6.07 Å². The number of furan rings is 1. The predicted molar refractivity (Wildman–Crippen MR) is 48.0 cm³/mol. The van der Waals surface area contributed by atoms with Crippen molar-refractivity contribution in [3.05, 3.63) is 23.7 Å². The molecule has 1 aromatic heterocycles. The smallest absolute Gasteiger partial charge is 0.124 e. The van der Waals surface area contributed by atoms with Crippen molar-refractivity contribution in [3.8, 4) is 0 Å². The van der Waals surface area contributed by atoms with Gasteiger partial charge in [0.1, 0.15) is 5.76 Å². The zero-order valence-electron chi connectivity index (χ0n) is 7.85. The minimum absolute atomic E-state index is 0.350. The minimum atomic E-state index is 0.350. The number of aryl methyl sites for hydroxylation is 1. The molecule has 1 aliphatic rings. The average molecular weight is 165 g/mol. The molecule has 1 fully saturated rings. The van der Waals surface area contributed by atoms with E-state index in [-0.39, 0.29) is 0 Å². The SMILES string of the molecule is Cc1ccoc1C1NCC1(C)C. The van der Waals surface area contributed by atoms with Gasteiger partial charge in [-0.2, -0.15) is 0 Å². The molecule has 2 nitrogen and oxygen atoms in total. The third kappa shape index (κ3) is 0.985. The highest BCUT2D eigenvalue weighted by Gasteiger charge is 2.41. The Labute approximate surface area is 73.0 Å². The molecule has 1 saturated heterocycles. The van der Waals surface area contributed by atoms with Gasteiger partial charge in [0.25, 0.3) is 0 Å². The summed E-state index contributed by atoms with van der Waals surface area (Å²) < 4.78 is 5.44. The zero-order chi connectivity index (χ0) is 8.77. The first-order valence-electron chi connectivity index (χ1n) is 4.38. The molecule has 1 unspecified atom stereocenters. The lowest BCUT2D eigenvalue weighted by atomic mass is 9.75. The van der Waals surface area contributed by atoms with Crippen LogP contribution in [0, 0.1) is 12.3 Å². The second-order valence-electron chi connectivity index (χ2n) is 4.27. The molecule has 2 rings (SSSR count). The Morgan fingerprint density at radius 3 is 2.67 bits per heavy atom. The molecule has 12 heavy (non-hydrogen) atoms. The van der Waals surface area contributed by atoms with Gasteiger partial charge in [0.2, 0.25) is 0 Å². The molecule has 66 valence electrons. The van der Waals surface area contributed by atoms with Crippen LogP contribution < -0.4 is 5.32 Å². The van der Waals surface area contributed by atoms with Gasteiger partial charge in [0.15, 0.2) is 0 Å². The summed E-state index contributed by atoms with van der Waals surface area (Å²) in [5, 5.41) is 3.39. The second kappa shape index (κ2) is 2.36. The van der Waals surface area contributed by atoms with E-state index >= 15 is 0 Å². The zero-order valence-corrected chi connectivity index (χ0v) is 7.85. The van der Waals surface area contributed by atoms with Gasteiger partial charge in [-0.3, -0.25) is 0 Å². The number of hydrogen-bond acceptors (Lipinski definition) is 2. The Bertz CT molecular complexity index is 288. The van der Waals surface area contributed by atoms with Crippen LogP contribution in [-0.4, -0.2) is 6.54 Å². The van der Waals surface area contributed by atoms with E-state index in [1.54, 1.807) is 6.26 Å². The van der Waals surface area contributed by atoms with Gasteiger partial charge in [-0.05, 0) is 24.0 Å². The van der Waals surface area contributed by atoms with E-state index in [1.165, 1.54) is 5.56 Å².